The SMILES string of the molecule is CCOC(=O)c1noc2c1CC(CC)c1ccc(Br)cc1-2. The van der Waals surface area contributed by atoms with E-state index in [4.69, 9.17) is 9.26 Å². The third-order valence-electron chi connectivity index (χ3n) is 3.90. The number of rotatable bonds is 3. The Morgan fingerprint density at radius 2 is 2.29 bits per heavy atom. The van der Waals surface area contributed by atoms with E-state index >= 15 is 0 Å². The zero-order valence-corrected chi connectivity index (χ0v) is 13.6. The number of hydrogen-bond donors (Lipinski definition) is 0. The van der Waals surface area contributed by atoms with Crippen LogP contribution in [0.5, 0.6) is 0 Å². The van der Waals surface area contributed by atoms with Gasteiger partial charge in [0.05, 0.1) is 6.61 Å². The van der Waals surface area contributed by atoms with Gasteiger partial charge in [0.2, 0.25) is 0 Å². The van der Waals surface area contributed by atoms with E-state index in [-0.39, 0.29) is 0 Å². The number of fused-ring (bicyclic) bond motifs is 3. The second-order valence-corrected chi connectivity index (χ2v) is 6.02. The highest BCUT2D eigenvalue weighted by molar-refractivity contribution is 9.10. The second kappa shape index (κ2) is 5.64. The molecule has 3 rings (SSSR count). The zero-order valence-electron chi connectivity index (χ0n) is 12.0. The minimum absolute atomic E-state index is 0.316. The molecule has 0 fully saturated rings. The van der Waals surface area contributed by atoms with E-state index in [0.29, 0.717) is 24.0 Å². The molecule has 1 aromatic heterocycles. The largest absolute Gasteiger partial charge is 0.461 e. The molecule has 21 heavy (non-hydrogen) atoms. The maximum Gasteiger partial charge on any atom is 0.360 e. The topological polar surface area (TPSA) is 52.3 Å². The molecule has 1 aliphatic rings. The van der Waals surface area contributed by atoms with Crippen molar-refractivity contribution in [2.24, 2.45) is 0 Å². The van der Waals surface area contributed by atoms with Gasteiger partial charge in [-0.15, -0.1) is 0 Å². The molecule has 0 spiro atoms. The highest BCUT2D eigenvalue weighted by Crippen LogP contribution is 2.43. The Kier molecular flexibility index (Phi) is 3.85. The van der Waals surface area contributed by atoms with Gasteiger partial charge in [-0.1, -0.05) is 34.1 Å². The number of ether oxygens (including phenoxy) is 1. The number of esters is 1. The Labute approximate surface area is 131 Å². The lowest BCUT2D eigenvalue weighted by Gasteiger charge is -2.23. The summed E-state index contributed by atoms with van der Waals surface area (Å²) < 4.78 is 11.5. The van der Waals surface area contributed by atoms with Crippen LogP contribution in [-0.4, -0.2) is 17.7 Å². The highest BCUT2D eigenvalue weighted by Gasteiger charge is 2.32. The van der Waals surface area contributed by atoms with Gasteiger partial charge in [0, 0.05) is 15.6 Å². The van der Waals surface area contributed by atoms with E-state index in [1.54, 1.807) is 6.92 Å². The Bertz CT molecular complexity index is 693. The van der Waals surface area contributed by atoms with Crippen LogP contribution in [0.4, 0.5) is 0 Å². The summed E-state index contributed by atoms with van der Waals surface area (Å²) in [5.41, 5.74) is 3.45. The van der Waals surface area contributed by atoms with E-state index < -0.39 is 5.97 Å². The number of halogens is 1. The van der Waals surface area contributed by atoms with Crippen LogP contribution < -0.4 is 0 Å². The van der Waals surface area contributed by atoms with Crippen molar-refractivity contribution in [1.82, 2.24) is 5.16 Å². The lowest BCUT2D eigenvalue weighted by atomic mass is 9.80. The first-order chi connectivity index (χ1) is 10.2. The van der Waals surface area contributed by atoms with E-state index in [2.05, 4.69) is 34.1 Å². The average molecular weight is 350 g/mol. The summed E-state index contributed by atoms with van der Waals surface area (Å²) >= 11 is 3.49. The van der Waals surface area contributed by atoms with Gasteiger partial charge in [0.15, 0.2) is 11.5 Å². The minimum atomic E-state index is -0.407. The van der Waals surface area contributed by atoms with Gasteiger partial charge in [0.25, 0.3) is 0 Å². The lowest BCUT2D eigenvalue weighted by Crippen LogP contribution is -2.14. The molecule has 0 N–H and O–H groups in total. The third-order valence-corrected chi connectivity index (χ3v) is 4.39. The lowest BCUT2D eigenvalue weighted by molar-refractivity contribution is 0.0513. The molecule has 0 aliphatic heterocycles. The first-order valence-electron chi connectivity index (χ1n) is 7.11. The van der Waals surface area contributed by atoms with E-state index in [1.165, 1.54) is 5.56 Å². The number of aromatic nitrogens is 1. The second-order valence-electron chi connectivity index (χ2n) is 5.10. The quantitative estimate of drug-likeness (QED) is 0.773. The minimum Gasteiger partial charge on any atom is -0.461 e. The van der Waals surface area contributed by atoms with Gasteiger partial charge in [-0.05, 0) is 43.4 Å². The van der Waals surface area contributed by atoms with Crippen molar-refractivity contribution in [3.05, 3.63) is 39.5 Å². The van der Waals surface area contributed by atoms with Crippen LogP contribution in [-0.2, 0) is 11.2 Å². The number of carbonyl (C=O) groups excluding carboxylic acids is 1. The Morgan fingerprint density at radius 1 is 1.48 bits per heavy atom. The molecule has 1 aliphatic carbocycles. The molecule has 110 valence electrons. The summed E-state index contributed by atoms with van der Waals surface area (Å²) in [6.07, 6.45) is 1.76. The molecule has 1 aromatic carbocycles. The van der Waals surface area contributed by atoms with Crippen LogP contribution in [0.3, 0.4) is 0 Å². The van der Waals surface area contributed by atoms with E-state index in [9.17, 15) is 4.79 Å². The fourth-order valence-electron chi connectivity index (χ4n) is 2.87. The molecule has 5 heteroatoms. The van der Waals surface area contributed by atoms with Crippen LogP contribution in [0.15, 0.2) is 27.2 Å². The number of nitrogens with zero attached hydrogens (tertiary/aromatic N) is 1. The number of carbonyl (C=O) groups is 1. The Hall–Kier alpha value is -1.62. The monoisotopic (exact) mass is 349 g/mol. The third kappa shape index (κ3) is 2.39. The molecule has 1 unspecified atom stereocenters. The van der Waals surface area contributed by atoms with Crippen LogP contribution in [0.25, 0.3) is 11.3 Å². The van der Waals surface area contributed by atoms with Crippen molar-refractivity contribution in [1.29, 1.82) is 0 Å². The van der Waals surface area contributed by atoms with Gasteiger partial charge in [-0.3, -0.25) is 0 Å². The van der Waals surface area contributed by atoms with Gasteiger partial charge in [0.1, 0.15) is 0 Å². The van der Waals surface area contributed by atoms with Crippen molar-refractivity contribution in [3.63, 3.8) is 0 Å². The van der Waals surface area contributed by atoms with E-state index in [1.807, 2.05) is 12.1 Å². The molecule has 4 nitrogen and oxygen atoms in total. The van der Waals surface area contributed by atoms with Crippen molar-refractivity contribution in [2.45, 2.75) is 32.6 Å². The molecule has 0 saturated carbocycles. The zero-order chi connectivity index (χ0) is 15.0. The van der Waals surface area contributed by atoms with Gasteiger partial charge in [-0.25, -0.2) is 4.79 Å². The number of hydrogen-bond acceptors (Lipinski definition) is 4. The van der Waals surface area contributed by atoms with Gasteiger partial charge >= 0.3 is 5.97 Å². The van der Waals surface area contributed by atoms with Crippen molar-refractivity contribution in [2.75, 3.05) is 6.61 Å². The Morgan fingerprint density at radius 3 is 3.00 bits per heavy atom. The van der Waals surface area contributed by atoms with E-state index in [0.717, 1.165) is 28.4 Å². The van der Waals surface area contributed by atoms with Crippen molar-refractivity contribution >= 4 is 21.9 Å². The highest BCUT2D eigenvalue weighted by atomic mass is 79.9. The molecule has 0 bridgehead atoms. The fraction of sp³-hybridized carbons (Fsp3) is 0.375. The van der Waals surface area contributed by atoms with Crippen LogP contribution in [0.1, 0.15) is 47.8 Å². The molecule has 0 saturated heterocycles. The fourth-order valence-corrected chi connectivity index (χ4v) is 3.23. The van der Waals surface area contributed by atoms with Crippen LogP contribution in [0, 0.1) is 0 Å². The standard InChI is InChI=1S/C16H16BrNO3/c1-3-9-7-13-14(16(19)20-4-2)18-21-15(13)12-8-10(17)5-6-11(9)12/h5-6,8-9H,3-4,7H2,1-2H3. The van der Waals surface area contributed by atoms with Crippen molar-refractivity contribution < 1.29 is 14.1 Å². The summed E-state index contributed by atoms with van der Waals surface area (Å²) in [7, 11) is 0. The Balaban J connectivity index is 2.13. The van der Waals surface area contributed by atoms with Gasteiger partial charge in [-0.2, -0.15) is 0 Å². The smallest absolute Gasteiger partial charge is 0.360 e. The summed E-state index contributed by atoms with van der Waals surface area (Å²) in [6, 6.07) is 6.17. The molecular formula is C16H16BrNO3. The average Bonchev–Trinajstić information content (AvgIpc) is 2.90. The molecule has 2 aromatic rings. The maximum absolute atomic E-state index is 12.0. The normalized spacial score (nSPS) is 16.2. The number of benzene rings is 1. The van der Waals surface area contributed by atoms with Gasteiger partial charge < -0.3 is 9.26 Å². The predicted octanol–water partition coefficient (Wildman–Crippen LogP) is 4.33. The maximum atomic E-state index is 12.0. The predicted molar refractivity (Wildman–Crippen MR) is 82.3 cm³/mol. The first kappa shape index (κ1) is 14.3. The van der Waals surface area contributed by atoms with Crippen molar-refractivity contribution in [3.8, 4) is 11.3 Å². The molecule has 1 atom stereocenters. The van der Waals surface area contributed by atoms with Crippen LogP contribution in [0.2, 0.25) is 0 Å². The first-order valence-corrected chi connectivity index (χ1v) is 7.90. The summed E-state index contributed by atoms with van der Waals surface area (Å²) in [6.45, 7) is 4.27. The summed E-state index contributed by atoms with van der Waals surface area (Å²) in [5, 5.41) is 3.95. The summed E-state index contributed by atoms with van der Waals surface area (Å²) in [4.78, 5) is 12.0. The van der Waals surface area contributed by atoms with Crippen LogP contribution >= 0.6 is 15.9 Å². The molecular weight excluding hydrogens is 334 g/mol. The molecule has 0 amide bonds. The molecule has 0 radical (unpaired) electrons. The summed E-state index contributed by atoms with van der Waals surface area (Å²) in [5.74, 6) is 0.656. The molecule has 1 heterocycles.